The molecular formula is C16H19F2N3. The molecule has 0 amide bonds. The lowest BCUT2D eigenvalue weighted by molar-refractivity contribution is 0.588. The van der Waals surface area contributed by atoms with E-state index in [4.69, 9.17) is 0 Å². The van der Waals surface area contributed by atoms with Gasteiger partial charge in [-0.1, -0.05) is 26.8 Å². The van der Waals surface area contributed by atoms with Gasteiger partial charge in [-0.05, 0) is 18.6 Å². The fourth-order valence-electron chi connectivity index (χ4n) is 1.94. The fraction of sp³-hybridized carbons (Fsp3) is 0.375. The number of rotatable bonds is 5. The van der Waals surface area contributed by atoms with E-state index in [0.717, 1.165) is 13.0 Å². The van der Waals surface area contributed by atoms with E-state index < -0.39 is 11.6 Å². The van der Waals surface area contributed by atoms with Gasteiger partial charge in [0.1, 0.15) is 23.3 Å². The van der Waals surface area contributed by atoms with Crippen molar-refractivity contribution in [2.75, 3.05) is 11.9 Å². The Morgan fingerprint density at radius 2 is 1.81 bits per heavy atom. The molecule has 0 saturated carbocycles. The summed E-state index contributed by atoms with van der Waals surface area (Å²) < 4.78 is 27.9. The van der Waals surface area contributed by atoms with Crippen molar-refractivity contribution in [1.29, 1.82) is 0 Å². The third-order valence-electron chi connectivity index (χ3n) is 3.03. The molecule has 112 valence electrons. The molecule has 0 saturated heterocycles. The van der Waals surface area contributed by atoms with Crippen LogP contribution in [0.2, 0.25) is 0 Å². The van der Waals surface area contributed by atoms with Crippen LogP contribution in [0.3, 0.4) is 0 Å². The third kappa shape index (κ3) is 3.54. The molecule has 21 heavy (non-hydrogen) atoms. The Balaban J connectivity index is 2.54. The van der Waals surface area contributed by atoms with Gasteiger partial charge in [0.25, 0.3) is 0 Å². The van der Waals surface area contributed by atoms with Crippen LogP contribution in [0.15, 0.2) is 24.3 Å². The maximum absolute atomic E-state index is 13.9. The molecule has 3 nitrogen and oxygen atoms in total. The standard InChI is InChI=1S/C16H19F2N3/c1-4-8-19-14-9-13(20-16(21-14)10(2)3)15-11(17)6-5-7-12(15)18/h5-7,9-10H,4,8H2,1-3H3,(H,19,20,21). The van der Waals surface area contributed by atoms with Crippen LogP contribution in [0, 0.1) is 11.6 Å². The summed E-state index contributed by atoms with van der Waals surface area (Å²) in [5.74, 6) is -0.0152. The van der Waals surface area contributed by atoms with Gasteiger partial charge in [-0.3, -0.25) is 0 Å². The summed E-state index contributed by atoms with van der Waals surface area (Å²) in [4.78, 5) is 8.69. The van der Waals surface area contributed by atoms with Crippen LogP contribution >= 0.6 is 0 Å². The summed E-state index contributed by atoms with van der Waals surface area (Å²) in [5, 5.41) is 3.14. The van der Waals surface area contributed by atoms with Gasteiger partial charge in [0.15, 0.2) is 0 Å². The summed E-state index contributed by atoms with van der Waals surface area (Å²) in [6.45, 7) is 6.67. The SMILES string of the molecule is CCCNc1cc(-c2c(F)cccc2F)nc(C(C)C)n1. The van der Waals surface area contributed by atoms with E-state index >= 15 is 0 Å². The Labute approximate surface area is 123 Å². The predicted octanol–water partition coefficient (Wildman–Crippen LogP) is 4.37. The Bertz CT molecular complexity index is 607. The fourth-order valence-corrected chi connectivity index (χ4v) is 1.94. The zero-order valence-corrected chi connectivity index (χ0v) is 12.5. The molecule has 0 bridgehead atoms. The molecule has 0 aliphatic rings. The molecule has 0 unspecified atom stereocenters. The van der Waals surface area contributed by atoms with Crippen LogP contribution in [0.5, 0.6) is 0 Å². The highest BCUT2D eigenvalue weighted by atomic mass is 19.1. The van der Waals surface area contributed by atoms with Crippen LogP contribution in [-0.2, 0) is 0 Å². The van der Waals surface area contributed by atoms with E-state index in [2.05, 4.69) is 15.3 Å². The lowest BCUT2D eigenvalue weighted by Gasteiger charge is -2.12. The van der Waals surface area contributed by atoms with E-state index in [0.29, 0.717) is 11.6 Å². The second kappa shape index (κ2) is 6.61. The van der Waals surface area contributed by atoms with E-state index in [1.54, 1.807) is 6.07 Å². The first-order valence-corrected chi connectivity index (χ1v) is 7.10. The van der Waals surface area contributed by atoms with Crippen LogP contribution in [-0.4, -0.2) is 16.5 Å². The number of anilines is 1. The molecule has 0 spiro atoms. The first-order chi connectivity index (χ1) is 10.0. The van der Waals surface area contributed by atoms with Crippen LogP contribution in [0.1, 0.15) is 38.9 Å². The minimum atomic E-state index is -0.621. The largest absolute Gasteiger partial charge is 0.370 e. The van der Waals surface area contributed by atoms with Gasteiger partial charge in [0.2, 0.25) is 0 Å². The monoisotopic (exact) mass is 291 g/mol. The van der Waals surface area contributed by atoms with Crippen molar-refractivity contribution in [1.82, 2.24) is 9.97 Å². The lowest BCUT2D eigenvalue weighted by Crippen LogP contribution is -2.07. The Morgan fingerprint density at radius 1 is 1.14 bits per heavy atom. The second-order valence-corrected chi connectivity index (χ2v) is 5.17. The molecule has 1 heterocycles. The molecule has 2 aromatic rings. The van der Waals surface area contributed by atoms with Gasteiger partial charge in [0.05, 0.1) is 11.3 Å². The lowest BCUT2D eigenvalue weighted by atomic mass is 10.1. The number of hydrogen-bond acceptors (Lipinski definition) is 3. The highest BCUT2D eigenvalue weighted by molar-refractivity contribution is 5.64. The van der Waals surface area contributed by atoms with Crippen molar-refractivity contribution in [3.05, 3.63) is 41.7 Å². The molecule has 1 N–H and O–H groups in total. The summed E-state index contributed by atoms with van der Waals surface area (Å²) in [7, 11) is 0. The molecule has 0 radical (unpaired) electrons. The number of benzene rings is 1. The molecule has 0 aliphatic heterocycles. The summed E-state index contributed by atoms with van der Waals surface area (Å²) in [6, 6.07) is 5.39. The molecule has 1 aromatic carbocycles. The average molecular weight is 291 g/mol. The molecule has 1 aromatic heterocycles. The highest BCUT2D eigenvalue weighted by Crippen LogP contribution is 2.27. The molecule has 2 rings (SSSR count). The van der Waals surface area contributed by atoms with Crippen molar-refractivity contribution in [3.63, 3.8) is 0 Å². The maximum atomic E-state index is 13.9. The summed E-state index contributed by atoms with van der Waals surface area (Å²) in [6.07, 6.45) is 0.935. The normalized spacial score (nSPS) is 11.0. The third-order valence-corrected chi connectivity index (χ3v) is 3.03. The minimum absolute atomic E-state index is 0.0713. The van der Waals surface area contributed by atoms with Crippen LogP contribution in [0.25, 0.3) is 11.3 Å². The number of halogens is 2. The van der Waals surface area contributed by atoms with E-state index in [1.165, 1.54) is 18.2 Å². The van der Waals surface area contributed by atoms with Gasteiger partial charge in [-0.15, -0.1) is 0 Å². The predicted molar refractivity (Wildman–Crippen MR) is 80.3 cm³/mol. The van der Waals surface area contributed by atoms with Crippen LogP contribution < -0.4 is 5.32 Å². The first-order valence-electron chi connectivity index (χ1n) is 7.10. The maximum Gasteiger partial charge on any atom is 0.135 e. The van der Waals surface area contributed by atoms with Gasteiger partial charge in [0, 0.05) is 18.5 Å². The zero-order valence-electron chi connectivity index (χ0n) is 12.5. The molecule has 0 atom stereocenters. The summed E-state index contributed by atoms with van der Waals surface area (Å²) >= 11 is 0. The van der Waals surface area contributed by atoms with Gasteiger partial charge >= 0.3 is 0 Å². The Morgan fingerprint density at radius 3 is 2.38 bits per heavy atom. The summed E-state index contributed by atoms with van der Waals surface area (Å²) in [5.41, 5.74) is 0.157. The average Bonchev–Trinajstić information content (AvgIpc) is 2.44. The number of nitrogens with one attached hydrogen (secondary N) is 1. The number of aromatic nitrogens is 2. The van der Waals surface area contributed by atoms with Gasteiger partial charge in [-0.25, -0.2) is 18.7 Å². The number of hydrogen-bond donors (Lipinski definition) is 1. The molecule has 0 aliphatic carbocycles. The Kier molecular flexibility index (Phi) is 4.83. The van der Waals surface area contributed by atoms with Crippen molar-refractivity contribution in [3.8, 4) is 11.3 Å². The quantitative estimate of drug-likeness (QED) is 0.889. The minimum Gasteiger partial charge on any atom is -0.370 e. The second-order valence-electron chi connectivity index (χ2n) is 5.17. The van der Waals surface area contributed by atoms with Crippen LogP contribution in [0.4, 0.5) is 14.6 Å². The highest BCUT2D eigenvalue weighted by Gasteiger charge is 2.16. The zero-order chi connectivity index (χ0) is 15.4. The molecule has 0 fully saturated rings. The van der Waals surface area contributed by atoms with Crippen molar-refractivity contribution >= 4 is 5.82 Å². The van der Waals surface area contributed by atoms with E-state index in [9.17, 15) is 8.78 Å². The first kappa shape index (κ1) is 15.4. The van der Waals surface area contributed by atoms with Crippen molar-refractivity contribution in [2.45, 2.75) is 33.1 Å². The van der Waals surface area contributed by atoms with E-state index in [1.807, 2.05) is 20.8 Å². The molecular weight excluding hydrogens is 272 g/mol. The smallest absolute Gasteiger partial charge is 0.135 e. The van der Waals surface area contributed by atoms with Crippen molar-refractivity contribution < 1.29 is 8.78 Å². The number of nitrogens with zero attached hydrogens (tertiary/aromatic N) is 2. The Hall–Kier alpha value is -2.04. The van der Waals surface area contributed by atoms with E-state index in [-0.39, 0.29) is 17.2 Å². The van der Waals surface area contributed by atoms with Gasteiger partial charge < -0.3 is 5.32 Å². The van der Waals surface area contributed by atoms with Crippen molar-refractivity contribution in [2.24, 2.45) is 0 Å². The topological polar surface area (TPSA) is 37.8 Å². The van der Waals surface area contributed by atoms with Gasteiger partial charge in [-0.2, -0.15) is 0 Å². The molecule has 5 heteroatoms.